The van der Waals surface area contributed by atoms with Crippen LogP contribution >= 0.6 is 11.6 Å². The van der Waals surface area contributed by atoms with Crippen molar-refractivity contribution in [3.63, 3.8) is 0 Å². The highest BCUT2D eigenvalue weighted by molar-refractivity contribution is 6.30. The Kier molecular flexibility index (Phi) is 4.42. The topological polar surface area (TPSA) is 47.6 Å². The average Bonchev–Trinajstić information content (AvgIpc) is 3.24. The van der Waals surface area contributed by atoms with Crippen LogP contribution < -0.4 is 14.8 Å². The van der Waals surface area contributed by atoms with E-state index in [1.807, 2.05) is 6.07 Å². The van der Waals surface area contributed by atoms with Crippen LogP contribution in [0.3, 0.4) is 0 Å². The molecule has 4 nitrogen and oxygen atoms in total. The maximum absolute atomic E-state index is 13.2. The first-order valence-electron chi connectivity index (χ1n) is 8.43. The number of halogens is 4. The van der Waals surface area contributed by atoms with Crippen molar-refractivity contribution in [2.75, 3.05) is 18.5 Å². The molecule has 4 rings (SSSR count). The number of fused-ring (bicyclic) bond motifs is 2. The highest BCUT2D eigenvalue weighted by Gasteiger charge is 2.34. The number of hydrogen-bond donors (Lipinski definition) is 1. The van der Waals surface area contributed by atoms with Crippen LogP contribution in [-0.4, -0.2) is 19.1 Å². The van der Waals surface area contributed by atoms with E-state index in [4.69, 9.17) is 21.1 Å². The Morgan fingerprint density at radius 2 is 1.93 bits per heavy atom. The summed E-state index contributed by atoms with van der Waals surface area (Å²) < 4.78 is 50.9. The standard InChI is InChI=1S/C19H15ClF3NO3/c20-11-1-2-15(14(8-11)19(21,22)23)24-17(25)9-13-12-4-6-26-16(12)7-10-3-5-27-18(10)13/h1-2,7-8H,3-6,9H2,(H,24,25). The summed E-state index contributed by atoms with van der Waals surface area (Å²) in [6.45, 7) is 1.03. The van der Waals surface area contributed by atoms with Gasteiger partial charge in [-0.1, -0.05) is 11.6 Å². The molecule has 2 aromatic rings. The van der Waals surface area contributed by atoms with Gasteiger partial charge in [0.25, 0.3) is 0 Å². The van der Waals surface area contributed by atoms with E-state index < -0.39 is 17.6 Å². The SMILES string of the molecule is O=C(Cc1c2c(cc3c1OCC3)OCC2)Nc1ccc(Cl)cc1C(F)(F)F. The number of carbonyl (C=O) groups excluding carboxylic acids is 1. The number of nitrogens with one attached hydrogen (secondary N) is 1. The van der Waals surface area contributed by atoms with Gasteiger partial charge in [-0.15, -0.1) is 0 Å². The zero-order valence-corrected chi connectivity index (χ0v) is 14.8. The van der Waals surface area contributed by atoms with Gasteiger partial charge in [-0.2, -0.15) is 13.2 Å². The van der Waals surface area contributed by atoms with Gasteiger partial charge < -0.3 is 14.8 Å². The van der Waals surface area contributed by atoms with Crippen LogP contribution in [-0.2, 0) is 30.2 Å². The summed E-state index contributed by atoms with van der Waals surface area (Å²) in [7, 11) is 0. The van der Waals surface area contributed by atoms with Gasteiger partial charge in [-0.05, 0) is 24.3 Å². The molecule has 0 saturated heterocycles. The quantitative estimate of drug-likeness (QED) is 0.834. The molecule has 2 heterocycles. The van der Waals surface area contributed by atoms with Crippen molar-refractivity contribution in [1.82, 2.24) is 0 Å². The predicted molar refractivity (Wildman–Crippen MR) is 93.6 cm³/mol. The number of carbonyl (C=O) groups is 1. The van der Waals surface area contributed by atoms with E-state index in [2.05, 4.69) is 5.32 Å². The summed E-state index contributed by atoms with van der Waals surface area (Å²) in [5.74, 6) is 0.826. The van der Waals surface area contributed by atoms with Crippen LogP contribution in [0.15, 0.2) is 24.3 Å². The van der Waals surface area contributed by atoms with Crippen molar-refractivity contribution < 1.29 is 27.4 Å². The van der Waals surface area contributed by atoms with Gasteiger partial charge in [-0.3, -0.25) is 4.79 Å². The lowest BCUT2D eigenvalue weighted by molar-refractivity contribution is -0.137. The molecular formula is C19H15ClF3NO3. The van der Waals surface area contributed by atoms with Crippen LogP contribution in [0.2, 0.25) is 5.02 Å². The van der Waals surface area contributed by atoms with Crippen LogP contribution in [0.25, 0.3) is 0 Å². The molecule has 0 unspecified atom stereocenters. The third-order valence-corrected chi connectivity index (χ3v) is 4.89. The predicted octanol–water partition coefficient (Wildman–Crippen LogP) is 4.41. The van der Waals surface area contributed by atoms with E-state index in [9.17, 15) is 18.0 Å². The van der Waals surface area contributed by atoms with Crippen LogP contribution in [0.5, 0.6) is 11.5 Å². The van der Waals surface area contributed by atoms with E-state index in [1.165, 1.54) is 6.07 Å². The Labute approximate surface area is 158 Å². The normalized spacial score (nSPS) is 15.0. The number of anilines is 1. The summed E-state index contributed by atoms with van der Waals surface area (Å²) in [4.78, 5) is 12.5. The molecule has 1 amide bonds. The van der Waals surface area contributed by atoms with E-state index in [0.29, 0.717) is 30.9 Å². The Hall–Kier alpha value is -2.41. The molecule has 0 saturated carbocycles. The molecule has 27 heavy (non-hydrogen) atoms. The molecule has 0 radical (unpaired) electrons. The molecule has 8 heteroatoms. The molecule has 0 bridgehead atoms. The summed E-state index contributed by atoms with van der Waals surface area (Å²) in [5.41, 5.74) is 1.24. The molecular weight excluding hydrogens is 383 g/mol. The van der Waals surface area contributed by atoms with Gasteiger partial charge in [0.1, 0.15) is 11.5 Å². The highest BCUT2D eigenvalue weighted by atomic mass is 35.5. The molecule has 0 aliphatic carbocycles. The van der Waals surface area contributed by atoms with Crippen LogP contribution in [0.1, 0.15) is 22.3 Å². The van der Waals surface area contributed by atoms with Crippen molar-refractivity contribution >= 4 is 23.2 Å². The van der Waals surface area contributed by atoms with E-state index in [-0.39, 0.29) is 17.1 Å². The summed E-state index contributed by atoms with van der Waals surface area (Å²) in [6.07, 6.45) is -3.35. The van der Waals surface area contributed by atoms with Crippen LogP contribution in [0.4, 0.5) is 18.9 Å². The van der Waals surface area contributed by atoms with E-state index in [0.717, 1.165) is 35.4 Å². The number of benzene rings is 2. The third kappa shape index (κ3) is 3.43. The van der Waals surface area contributed by atoms with Gasteiger partial charge in [0.2, 0.25) is 5.91 Å². The molecule has 2 aliphatic heterocycles. The smallest absolute Gasteiger partial charge is 0.418 e. The maximum atomic E-state index is 13.2. The number of rotatable bonds is 3. The Balaban J connectivity index is 1.62. The largest absolute Gasteiger partial charge is 0.493 e. The number of alkyl halides is 3. The lowest BCUT2D eigenvalue weighted by atomic mass is 9.97. The van der Waals surface area contributed by atoms with Crippen molar-refractivity contribution in [2.45, 2.75) is 25.4 Å². The fraction of sp³-hybridized carbons (Fsp3) is 0.316. The molecule has 0 atom stereocenters. The molecule has 0 aromatic heterocycles. The number of ether oxygens (including phenoxy) is 2. The minimum absolute atomic E-state index is 0.0513. The molecule has 1 N–H and O–H groups in total. The first kappa shape index (κ1) is 18.0. The zero-order valence-electron chi connectivity index (χ0n) is 14.1. The lowest BCUT2D eigenvalue weighted by Crippen LogP contribution is -2.19. The Morgan fingerprint density at radius 3 is 2.70 bits per heavy atom. The van der Waals surface area contributed by atoms with Crippen molar-refractivity contribution in [2.24, 2.45) is 0 Å². The summed E-state index contributed by atoms with van der Waals surface area (Å²) in [5, 5.41) is 2.31. The third-order valence-electron chi connectivity index (χ3n) is 4.66. The monoisotopic (exact) mass is 397 g/mol. The van der Waals surface area contributed by atoms with Crippen LogP contribution in [0, 0.1) is 0 Å². The first-order valence-corrected chi connectivity index (χ1v) is 8.80. The molecule has 0 spiro atoms. The summed E-state index contributed by atoms with van der Waals surface area (Å²) in [6, 6.07) is 5.18. The molecule has 2 aromatic carbocycles. The molecule has 142 valence electrons. The van der Waals surface area contributed by atoms with E-state index >= 15 is 0 Å². The van der Waals surface area contributed by atoms with Crippen molar-refractivity contribution in [3.05, 3.63) is 51.5 Å². The fourth-order valence-corrected chi connectivity index (χ4v) is 3.66. The van der Waals surface area contributed by atoms with Gasteiger partial charge in [0, 0.05) is 34.6 Å². The van der Waals surface area contributed by atoms with Gasteiger partial charge in [0.05, 0.1) is 30.9 Å². The van der Waals surface area contributed by atoms with Crippen molar-refractivity contribution in [3.8, 4) is 11.5 Å². The molecule has 0 fully saturated rings. The molecule has 2 aliphatic rings. The Bertz CT molecular complexity index is 895. The first-order chi connectivity index (χ1) is 12.8. The van der Waals surface area contributed by atoms with Gasteiger partial charge >= 0.3 is 6.18 Å². The number of amides is 1. The second-order valence-electron chi connectivity index (χ2n) is 6.43. The van der Waals surface area contributed by atoms with Crippen molar-refractivity contribution in [1.29, 1.82) is 0 Å². The second-order valence-corrected chi connectivity index (χ2v) is 6.87. The average molecular weight is 398 g/mol. The van der Waals surface area contributed by atoms with E-state index in [1.54, 1.807) is 0 Å². The Morgan fingerprint density at radius 1 is 1.15 bits per heavy atom. The number of hydrogen-bond acceptors (Lipinski definition) is 3. The van der Waals surface area contributed by atoms with Gasteiger partial charge in [-0.25, -0.2) is 0 Å². The fourth-order valence-electron chi connectivity index (χ4n) is 3.49. The highest BCUT2D eigenvalue weighted by Crippen LogP contribution is 2.41. The van der Waals surface area contributed by atoms with Gasteiger partial charge in [0.15, 0.2) is 0 Å². The second kappa shape index (κ2) is 6.64. The lowest BCUT2D eigenvalue weighted by Gasteiger charge is -2.16. The zero-order chi connectivity index (χ0) is 19.2. The summed E-state index contributed by atoms with van der Waals surface area (Å²) >= 11 is 5.67. The minimum atomic E-state index is -4.63. The maximum Gasteiger partial charge on any atom is 0.418 e. The minimum Gasteiger partial charge on any atom is -0.493 e.